The lowest BCUT2D eigenvalue weighted by Crippen LogP contribution is -2.32. The Morgan fingerprint density at radius 1 is 1.06 bits per heavy atom. The van der Waals surface area contributed by atoms with Crippen molar-refractivity contribution < 1.29 is 19.1 Å². The average molecular weight is 426 g/mol. The molecule has 7 nitrogen and oxygen atoms in total. The number of benzene rings is 2. The molecule has 1 heterocycles. The van der Waals surface area contributed by atoms with E-state index in [0.29, 0.717) is 31.1 Å². The number of methoxy groups -OCH3 is 1. The molecule has 3 aromatic rings. The molecule has 0 unspecified atom stereocenters. The maximum absolute atomic E-state index is 10.4. The molecule has 2 aromatic carbocycles. The van der Waals surface area contributed by atoms with E-state index in [1.165, 1.54) is 5.56 Å². The summed E-state index contributed by atoms with van der Waals surface area (Å²) in [5.74, 6) is 2.05. The second kappa shape index (κ2) is 11.5. The molecule has 0 saturated carbocycles. The standard InChI is InChI=1S/C24H31N3O4/c1-18-11-22(31-26-18)14-25-13-20-9-10-23(29-3)24(12-20)30-17-21(28)16-27(2)15-19-7-5-4-6-8-19/h4-12,21,25,28H,13-17H2,1-3H3/t21-/m1/s1. The number of aliphatic hydroxyl groups excluding tert-OH is 1. The number of aromatic nitrogens is 1. The molecule has 1 aromatic heterocycles. The van der Waals surface area contributed by atoms with Crippen LogP contribution in [0, 0.1) is 6.92 Å². The van der Waals surface area contributed by atoms with Crippen molar-refractivity contribution in [3.8, 4) is 11.5 Å². The Bertz CT molecular complexity index is 930. The van der Waals surface area contributed by atoms with Gasteiger partial charge in [0.2, 0.25) is 0 Å². The maximum atomic E-state index is 10.4. The Labute approximate surface area is 183 Å². The van der Waals surface area contributed by atoms with Gasteiger partial charge >= 0.3 is 0 Å². The maximum Gasteiger partial charge on any atom is 0.161 e. The van der Waals surface area contributed by atoms with Gasteiger partial charge in [-0.2, -0.15) is 0 Å². The van der Waals surface area contributed by atoms with Crippen molar-refractivity contribution in [1.82, 2.24) is 15.4 Å². The largest absolute Gasteiger partial charge is 0.493 e. The molecule has 0 aliphatic carbocycles. The highest BCUT2D eigenvalue weighted by atomic mass is 16.5. The number of hydrogen-bond donors (Lipinski definition) is 2. The Morgan fingerprint density at radius 3 is 2.58 bits per heavy atom. The number of nitrogens with zero attached hydrogens (tertiary/aromatic N) is 2. The van der Waals surface area contributed by atoms with E-state index in [9.17, 15) is 5.11 Å². The summed E-state index contributed by atoms with van der Waals surface area (Å²) in [6, 6.07) is 17.9. The van der Waals surface area contributed by atoms with E-state index in [0.717, 1.165) is 23.6 Å². The molecule has 7 heteroatoms. The summed E-state index contributed by atoms with van der Waals surface area (Å²) < 4.78 is 16.5. The van der Waals surface area contributed by atoms with Crippen LogP contribution in [0.2, 0.25) is 0 Å². The van der Waals surface area contributed by atoms with Crippen molar-refractivity contribution in [1.29, 1.82) is 0 Å². The van der Waals surface area contributed by atoms with Crippen molar-refractivity contribution >= 4 is 0 Å². The fraction of sp³-hybridized carbons (Fsp3) is 0.375. The van der Waals surface area contributed by atoms with Crippen LogP contribution in [0.1, 0.15) is 22.6 Å². The number of nitrogens with one attached hydrogen (secondary N) is 1. The zero-order valence-electron chi connectivity index (χ0n) is 18.4. The third kappa shape index (κ3) is 7.40. The van der Waals surface area contributed by atoms with Gasteiger partial charge in [0.1, 0.15) is 12.7 Å². The molecular formula is C24H31N3O4. The number of ether oxygens (including phenoxy) is 2. The van der Waals surface area contributed by atoms with Gasteiger partial charge in [-0.05, 0) is 37.2 Å². The highest BCUT2D eigenvalue weighted by Crippen LogP contribution is 2.28. The molecule has 0 amide bonds. The highest BCUT2D eigenvalue weighted by molar-refractivity contribution is 5.43. The molecule has 3 rings (SSSR count). The fourth-order valence-corrected chi connectivity index (χ4v) is 3.33. The predicted octanol–water partition coefficient (Wildman–Crippen LogP) is 3.15. The van der Waals surface area contributed by atoms with Crippen LogP contribution in [0.5, 0.6) is 11.5 Å². The van der Waals surface area contributed by atoms with Gasteiger partial charge in [0.05, 0.1) is 19.3 Å². The van der Waals surface area contributed by atoms with E-state index >= 15 is 0 Å². The van der Waals surface area contributed by atoms with Crippen molar-refractivity contribution in [2.24, 2.45) is 0 Å². The lowest BCUT2D eigenvalue weighted by Gasteiger charge is -2.21. The van der Waals surface area contributed by atoms with E-state index in [2.05, 4.69) is 27.5 Å². The summed E-state index contributed by atoms with van der Waals surface area (Å²) in [6.07, 6.45) is -0.616. The third-order valence-corrected chi connectivity index (χ3v) is 4.78. The Hall–Kier alpha value is -2.87. The average Bonchev–Trinajstić information content (AvgIpc) is 3.18. The topological polar surface area (TPSA) is 80.0 Å². The molecule has 0 saturated heterocycles. The summed E-state index contributed by atoms with van der Waals surface area (Å²) in [5.41, 5.74) is 3.12. The van der Waals surface area contributed by atoms with Crippen LogP contribution in [-0.4, -0.2) is 48.6 Å². The molecule has 166 valence electrons. The van der Waals surface area contributed by atoms with Gasteiger partial charge in [0.25, 0.3) is 0 Å². The van der Waals surface area contributed by atoms with Crippen LogP contribution in [0.3, 0.4) is 0 Å². The van der Waals surface area contributed by atoms with Crippen molar-refractivity contribution in [2.45, 2.75) is 32.7 Å². The molecule has 0 spiro atoms. The minimum atomic E-state index is -0.616. The highest BCUT2D eigenvalue weighted by Gasteiger charge is 2.12. The normalized spacial score (nSPS) is 12.2. The van der Waals surface area contributed by atoms with Gasteiger partial charge in [-0.3, -0.25) is 4.90 Å². The zero-order valence-corrected chi connectivity index (χ0v) is 18.4. The van der Waals surface area contributed by atoms with E-state index in [1.807, 2.05) is 56.4 Å². The third-order valence-electron chi connectivity index (χ3n) is 4.78. The summed E-state index contributed by atoms with van der Waals surface area (Å²) >= 11 is 0. The number of rotatable bonds is 12. The van der Waals surface area contributed by atoms with Crippen LogP contribution in [0.15, 0.2) is 59.1 Å². The Kier molecular flexibility index (Phi) is 8.46. The first-order valence-corrected chi connectivity index (χ1v) is 10.4. The molecule has 1 atom stereocenters. The van der Waals surface area contributed by atoms with Gasteiger partial charge in [0, 0.05) is 25.7 Å². The quantitative estimate of drug-likeness (QED) is 0.461. The first-order chi connectivity index (χ1) is 15.0. The van der Waals surface area contributed by atoms with E-state index in [4.69, 9.17) is 14.0 Å². The van der Waals surface area contributed by atoms with E-state index < -0.39 is 6.10 Å². The molecule has 2 N–H and O–H groups in total. The molecule has 0 aliphatic rings. The zero-order chi connectivity index (χ0) is 22.1. The number of aliphatic hydroxyl groups is 1. The predicted molar refractivity (Wildman–Crippen MR) is 119 cm³/mol. The summed E-state index contributed by atoms with van der Waals surface area (Å²) in [4.78, 5) is 2.08. The molecule has 0 radical (unpaired) electrons. The van der Waals surface area contributed by atoms with Gasteiger partial charge in [0.15, 0.2) is 17.3 Å². The van der Waals surface area contributed by atoms with Crippen LogP contribution in [0.4, 0.5) is 0 Å². The molecule has 0 fully saturated rings. The molecule has 0 aliphatic heterocycles. The lowest BCUT2D eigenvalue weighted by molar-refractivity contribution is 0.0732. The number of likely N-dealkylation sites (N-methyl/N-ethyl adjacent to an activating group) is 1. The SMILES string of the molecule is COc1ccc(CNCc2cc(C)no2)cc1OC[C@H](O)CN(C)Cc1ccccc1. The Morgan fingerprint density at radius 2 is 1.87 bits per heavy atom. The van der Waals surface area contributed by atoms with Gasteiger partial charge in [-0.1, -0.05) is 41.6 Å². The smallest absolute Gasteiger partial charge is 0.161 e. The first kappa shape index (κ1) is 22.8. The van der Waals surface area contributed by atoms with Crippen LogP contribution in [-0.2, 0) is 19.6 Å². The van der Waals surface area contributed by atoms with E-state index in [-0.39, 0.29) is 6.61 Å². The molecule has 0 bridgehead atoms. The molecular weight excluding hydrogens is 394 g/mol. The summed E-state index contributed by atoms with van der Waals surface area (Å²) in [5, 5.41) is 17.6. The second-order valence-corrected chi connectivity index (χ2v) is 7.67. The van der Waals surface area contributed by atoms with Gasteiger partial charge in [-0.25, -0.2) is 0 Å². The number of hydrogen-bond acceptors (Lipinski definition) is 7. The fourth-order valence-electron chi connectivity index (χ4n) is 3.33. The lowest BCUT2D eigenvalue weighted by atomic mass is 10.2. The van der Waals surface area contributed by atoms with Crippen molar-refractivity contribution in [3.05, 3.63) is 77.2 Å². The van der Waals surface area contributed by atoms with Crippen molar-refractivity contribution in [3.63, 3.8) is 0 Å². The first-order valence-electron chi connectivity index (χ1n) is 10.4. The summed E-state index contributed by atoms with van der Waals surface area (Å²) in [6.45, 7) is 4.60. The minimum absolute atomic E-state index is 0.184. The number of aryl methyl sites for hydroxylation is 1. The monoisotopic (exact) mass is 425 g/mol. The van der Waals surface area contributed by atoms with E-state index in [1.54, 1.807) is 7.11 Å². The summed E-state index contributed by atoms with van der Waals surface area (Å²) in [7, 11) is 3.59. The second-order valence-electron chi connectivity index (χ2n) is 7.67. The van der Waals surface area contributed by atoms with Crippen LogP contribution in [0.25, 0.3) is 0 Å². The molecule has 31 heavy (non-hydrogen) atoms. The van der Waals surface area contributed by atoms with Crippen LogP contribution >= 0.6 is 0 Å². The van der Waals surface area contributed by atoms with Crippen molar-refractivity contribution in [2.75, 3.05) is 27.3 Å². The minimum Gasteiger partial charge on any atom is -0.493 e. The van der Waals surface area contributed by atoms with Gasteiger partial charge in [-0.15, -0.1) is 0 Å². The van der Waals surface area contributed by atoms with Gasteiger partial charge < -0.3 is 24.4 Å². The Balaban J connectivity index is 1.49. The van der Waals surface area contributed by atoms with Crippen LogP contribution < -0.4 is 14.8 Å².